The lowest BCUT2D eigenvalue weighted by Crippen LogP contribution is -1.93. The van der Waals surface area contributed by atoms with Crippen LogP contribution < -0.4 is 0 Å². The third-order valence-corrected chi connectivity index (χ3v) is 1.33. The van der Waals surface area contributed by atoms with Gasteiger partial charge in [-0.3, -0.25) is 0 Å². The van der Waals surface area contributed by atoms with Crippen LogP contribution in [0.3, 0.4) is 0 Å². The third kappa shape index (κ3) is 71.0. The van der Waals surface area contributed by atoms with Crippen molar-refractivity contribution < 1.29 is 4.74 Å². The minimum atomic E-state index is 0.500. The molecule has 0 aliphatic rings. The van der Waals surface area contributed by atoms with Gasteiger partial charge in [0.2, 0.25) is 0 Å². The summed E-state index contributed by atoms with van der Waals surface area (Å²) in [6.07, 6.45) is 0. The Kier molecular flexibility index (Phi) is 24.3. The fourth-order valence-corrected chi connectivity index (χ4v) is 0.770. The predicted octanol–water partition coefficient (Wildman–Crippen LogP) is 7.35. The van der Waals surface area contributed by atoms with Crippen molar-refractivity contribution in [2.45, 2.75) is 48.5 Å². The second-order valence-corrected chi connectivity index (χ2v) is 7.45. The summed E-state index contributed by atoms with van der Waals surface area (Å²) in [5.74, 6) is 0.833. The first-order valence-electron chi connectivity index (χ1n) is 8.55. The minimum absolute atomic E-state index is 0.500. The largest absolute Gasteiger partial charge is 0.388 e. The summed E-state index contributed by atoms with van der Waals surface area (Å²) in [5, 5.41) is 0. The van der Waals surface area contributed by atoms with E-state index in [0.29, 0.717) is 5.41 Å². The Bertz CT molecular complexity index is 294. The van der Waals surface area contributed by atoms with Gasteiger partial charge in [-0.25, -0.2) is 0 Å². The van der Waals surface area contributed by atoms with Crippen LogP contribution in [0.2, 0.25) is 0 Å². The van der Waals surface area contributed by atoms with Crippen molar-refractivity contribution in [1.82, 2.24) is 0 Å². The summed E-state index contributed by atoms with van der Waals surface area (Å²) in [6, 6.07) is 24.0. The molecule has 138 valence electrons. The highest BCUT2D eigenvalue weighted by molar-refractivity contribution is 4.99. The van der Waals surface area contributed by atoms with Gasteiger partial charge in [0, 0.05) is 14.2 Å². The van der Waals surface area contributed by atoms with Gasteiger partial charge < -0.3 is 4.74 Å². The molecule has 2 rings (SSSR count). The molecule has 2 aromatic rings. The van der Waals surface area contributed by atoms with Gasteiger partial charge in [-0.2, -0.15) is 0 Å². The van der Waals surface area contributed by atoms with Crippen LogP contribution in [0, 0.1) is 11.3 Å². The molecule has 0 atom stereocenters. The van der Waals surface area contributed by atoms with Gasteiger partial charge in [0.25, 0.3) is 0 Å². The van der Waals surface area contributed by atoms with Crippen molar-refractivity contribution in [2.75, 3.05) is 14.2 Å². The van der Waals surface area contributed by atoms with Crippen molar-refractivity contribution in [2.24, 2.45) is 11.3 Å². The van der Waals surface area contributed by atoms with Crippen LogP contribution in [0.15, 0.2) is 72.8 Å². The Morgan fingerprint density at radius 1 is 0.500 bits per heavy atom. The number of hydrogen-bond acceptors (Lipinski definition) is 1. The summed E-state index contributed by atoms with van der Waals surface area (Å²) in [6.45, 7) is 15.2. The second-order valence-electron chi connectivity index (χ2n) is 7.45. The summed E-state index contributed by atoms with van der Waals surface area (Å²) in [5.41, 5.74) is 0.500. The Morgan fingerprint density at radius 2 is 0.542 bits per heavy atom. The lowest BCUT2D eigenvalue weighted by molar-refractivity contribution is 0.277. The fraction of sp³-hybridized carbons (Fsp3) is 0.478. The Labute approximate surface area is 152 Å². The summed E-state index contributed by atoms with van der Waals surface area (Å²) in [4.78, 5) is 0. The Morgan fingerprint density at radius 3 is 0.583 bits per heavy atom. The minimum Gasteiger partial charge on any atom is -0.388 e. The Balaban J connectivity index is -0.000000236. The van der Waals surface area contributed by atoms with Crippen LogP contribution >= 0.6 is 0 Å². The maximum Gasteiger partial charge on any atom is 0.0351 e. The van der Waals surface area contributed by atoms with E-state index in [2.05, 4.69) is 53.2 Å². The average molecular weight is 333 g/mol. The number of methoxy groups -OCH3 is 1. The van der Waals surface area contributed by atoms with Crippen molar-refractivity contribution in [3.05, 3.63) is 72.8 Å². The van der Waals surface area contributed by atoms with Gasteiger partial charge in [0.05, 0.1) is 0 Å². The lowest BCUT2D eigenvalue weighted by atomic mass is 10.0. The highest BCUT2D eigenvalue weighted by Gasteiger charge is 1.95. The summed E-state index contributed by atoms with van der Waals surface area (Å²) >= 11 is 0. The maximum absolute atomic E-state index is 4.25. The molecule has 0 N–H and O–H groups in total. The molecule has 0 heterocycles. The van der Waals surface area contributed by atoms with E-state index in [0.717, 1.165) is 5.92 Å². The molecule has 0 spiro atoms. The third-order valence-electron chi connectivity index (χ3n) is 1.33. The highest BCUT2D eigenvalue weighted by Crippen LogP contribution is 2.08. The zero-order valence-electron chi connectivity index (χ0n) is 17.4. The molecule has 24 heavy (non-hydrogen) atoms. The molecule has 2 aromatic carbocycles. The number of benzene rings is 2. The van der Waals surface area contributed by atoms with Crippen molar-refractivity contribution in [3.8, 4) is 0 Å². The molecule has 1 nitrogen and oxygen atoms in total. The van der Waals surface area contributed by atoms with Crippen LogP contribution in [-0.4, -0.2) is 14.2 Å². The first-order valence-corrected chi connectivity index (χ1v) is 8.55. The van der Waals surface area contributed by atoms with Gasteiger partial charge in [0.1, 0.15) is 0 Å². The SMILES string of the molecule is CC(C)(C)C.CC(C)C.COC.c1ccccc1.c1ccccc1. The number of ether oxygens (including phenoxy) is 1. The van der Waals surface area contributed by atoms with Crippen LogP contribution in [0.4, 0.5) is 0 Å². The molecule has 0 saturated carbocycles. The predicted molar refractivity (Wildman–Crippen MR) is 111 cm³/mol. The summed E-state index contributed by atoms with van der Waals surface area (Å²) < 4.78 is 4.25. The van der Waals surface area contributed by atoms with Crippen LogP contribution in [0.1, 0.15) is 48.5 Å². The molecule has 0 saturated heterocycles. The van der Waals surface area contributed by atoms with Crippen LogP contribution in [0.5, 0.6) is 0 Å². The molecular weight excluding hydrogens is 292 g/mol. The molecule has 0 unspecified atom stereocenters. The highest BCUT2D eigenvalue weighted by atomic mass is 16.4. The topological polar surface area (TPSA) is 9.23 Å². The number of hydrogen-bond donors (Lipinski definition) is 0. The molecule has 0 aromatic heterocycles. The Hall–Kier alpha value is -1.60. The van der Waals surface area contributed by atoms with E-state index in [4.69, 9.17) is 0 Å². The van der Waals surface area contributed by atoms with Crippen molar-refractivity contribution >= 4 is 0 Å². The lowest BCUT2D eigenvalue weighted by Gasteiger charge is -2.05. The standard InChI is InChI=1S/2C6H6.C5H12.C4H10.C2H6O/c2*1-2-4-6-5-3-1;1-5(2,3)4;1-4(2)3;1-3-2/h2*1-6H;1-4H3;4H,1-3H3;1-2H3. The zero-order chi connectivity index (χ0) is 19.3. The van der Waals surface area contributed by atoms with Gasteiger partial charge in [-0.05, 0) is 11.3 Å². The number of rotatable bonds is 0. The van der Waals surface area contributed by atoms with Gasteiger partial charge in [0.15, 0.2) is 0 Å². The second kappa shape index (κ2) is 21.4. The van der Waals surface area contributed by atoms with E-state index >= 15 is 0 Å². The van der Waals surface area contributed by atoms with E-state index in [1.54, 1.807) is 14.2 Å². The first kappa shape index (κ1) is 27.3. The molecule has 0 bridgehead atoms. The fourth-order valence-electron chi connectivity index (χ4n) is 0.770. The smallest absolute Gasteiger partial charge is 0.0351 e. The van der Waals surface area contributed by atoms with Gasteiger partial charge in [-0.1, -0.05) is 121 Å². The van der Waals surface area contributed by atoms with E-state index in [9.17, 15) is 0 Å². The van der Waals surface area contributed by atoms with Gasteiger partial charge >= 0.3 is 0 Å². The normalized spacial score (nSPS) is 8.75. The first-order chi connectivity index (χ1) is 11.1. The van der Waals surface area contributed by atoms with Gasteiger partial charge in [-0.15, -0.1) is 0 Å². The molecule has 0 radical (unpaired) electrons. The quantitative estimate of drug-likeness (QED) is 0.490. The van der Waals surface area contributed by atoms with Crippen LogP contribution in [-0.2, 0) is 4.74 Å². The molecule has 0 amide bonds. The summed E-state index contributed by atoms with van der Waals surface area (Å²) in [7, 11) is 3.25. The monoisotopic (exact) mass is 332 g/mol. The zero-order valence-corrected chi connectivity index (χ0v) is 17.4. The molecular formula is C23H40O. The van der Waals surface area contributed by atoms with Crippen LogP contribution in [0.25, 0.3) is 0 Å². The van der Waals surface area contributed by atoms with Crippen molar-refractivity contribution in [1.29, 1.82) is 0 Å². The molecule has 0 aliphatic carbocycles. The maximum atomic E-state index is 4.25. The molecule has 0 fully saturated rings. The average Bonchev–Trinajstić information content (AvgIpc) is 2.50. The van der Waals surface area contributed by atoms with E-state index < -0.39 is 0 Å². The molecule has 0 aliphatic heterocycles. The van der Waals surface area contributed by atoms with E-state index in [1.165, 1.54) is 0 Å². The molecule has 1 heteroatoms. The van der Waals surface area contributed by atoms with E-state index in [1.807, 2.05) is 72.8 Å². The van der Waals surface area contributed by atoms with Crippen molar-refractivity contribution in [3.63, 3.8) is 0 Å². The van der Waals surface area contributed by atoms with E-state index in [-0.39, 0.29) is 0 Å².